The van der Waals surface area contributed by atoms with E-state index >= 15 is 0 Å². The van der Waals surface area contributed by atoms with E-state index in [1.54, 1.807) is 12.4 Å². The van der Waals surface area contributed by atoms with Crippen molar-refractivity contribution in [3.63, 3.8) is 0 Å². The molecule has 2 heterocycles. The van der Waals surface area contributed by atoms with Gasteiger partial charge in [0, 0.05) is 12.4 Å². The van der Waals surface area contributed by atoms with Crippen molar-refractivity contribution < 1.29 is 9.90 Å². The van der Waals surface area contributed by atoms with E-state index in [1.165, 1.54) is 4.57 Å². The van der Waals surface area contributed by atoms with Crippen molar-refractivity contribution in [2.45, 2.75) is 20.3 Å². The Morgan fingerprint density at radius 2 is 2.33 bits per heavy atom. The van der Waals surface area contributed by atoms with Gasteiger partial charge in [0.25, 0.3) is 0 Å². The molecule has 0 spiro atoms. The summed E-state index contributed by atoms with van der Waals surface area (Å²) in [5.74, 6) is 0. The second kappa shape index (κ2) is 3.38. The van der Waals surface area contributed by atoms with E-state index in [0.717, 1.165) is 23.1 Å². The lowest BCUT2D eigenvalue weighted by Crippen LogP contribution is -2.06. The number of carboxylic acid groups (broad SMARTS) is 1. The fraction of sp³-hybridized carbons (Fsp3) is 0.273. The first-order valence-corrected chi connectivity index (χ1v) is 4.84. The second-order valence-corrected chi connectivity index (χ2v) is 3.49. The van der Waals surface area contributed by atoms with Gasteiger partial charge in [0.15, 0.2) is 0 Å². The highest BCUT2D eigenvalue weighted by atomic mass is 16.4. The number of hydrogen-bond donors (Lipinski definition) is 1. The standard InChI is InChI=1S/C11H12N2O2/c1-3-8-6-13(11(14)15)10-7(2)4-5-12-9(8)10/h4-6H,3H2,1-2H3,(H,14,15). The average Bonchev–Trinajstić information content (AvgIpc) is 2.58. The first kappa shape index (κ1) is 9.71. The number of aryl methyl sites for hydroxylation is 2. The minimum atomic E-state index is -0.962. The summed E-state index contributed by atoms with van der Waals surface area (Å²) in [4.78, 5) is 15.3. The van der Waals surface area contributed by atoms with Gasteiger partial charge in [0.05, 0.1) is 11.0 Å². The largest absolute Gasteiger partial charge is 0.464 e. The lowest BCUT2D eigenvalue weighted by Gasteiger charge is -2.00. The highest BCUT2D eigenvalue weighted by Crippen LogP contribution is 2.22. The molecule has 4 nitrogen and oxygen atoms in total. The average molecular weight is 204 g/mol. The van der Waals surface area contributed by atoms with E-state index in [0.29, 0.717) is 5.52 Å². The topological polar surface area (TPSA) is 55.1 Å². The summed E-state index contributed by atoms with van der Waals surface area (Å²) in [6, 6.07) is 1.82. The molecule has 0 amide bonds. The predicted molar refractivity (Wildman–Crippen MR) is 57.3 cm³/mol. The number of carbonyl (C=O) groups is 1. The van der Waals surface area contributed by atoms with E-state index in [1.807, 2.05) is 19.9 Å². The molecule has 4 heteroatoms. The normalized spacial score (nSPS) is 10.8. The van der Waals surface area contributed by atoms with Crippen molar-refractivity contribution in [1.29, 1.82) is 0 Å². The molecule has 1 N–H and O–H groups in total. The Morgan fingerprint density at radius 1 is 1.60 bits per heavy atom. The maximum atomic E-state index is 11.0. The Bertz CT molecular complexity index is 529. The molecule has 0 atom stereocenters. The van der Waals surface area contributed by atoms with Gasteiger partial charge in [-0.2, -0.15) is 0 Å². The third kappa shape index (κ3) is 1.38. The van der Waals surface area contributed by atoms with Crippen molar-refractivity contribution in [2.75, 3.05) is 0 Å². The third-order valence-electron chi connectivity index (χ3n) is 2.54. The Hall–Kier alpha value is -1.84. The number of aromatic nitrogens is 2. The van der Waals surface area contributed by atoms with Gasteiger partial charge in [-0.1, -0.05) is 6.92 Å². The maximum absolute atomic E-state index is 11.0. The highest BCUT2D eigenvalue weighted by molar-refractivity contribution is 5.90. The number of fused-ring (bicyclic) bond motifs is 1. The SMILES string of the molecule is CCc1cn(C(=O)O)c2c(C)ccnc12. The third-order valence-corrected chi connectivity index (χ3v) is 2.54. The van der Waals surface area contributed by atoms with Crippen LogP contribution >= 0.6 is 0 Å². The smallest absolute Gasteiger partial charge is 0.416 e. The molecular weight excluding hydrogens is 192 g/mol. The number of nitrogens with zero attached hydrogens (tertiary/aromatic N) is 2. The van der Waals surface area contributed by atoms with Crippen molar-refractivity contribution in [3.8, 4) is 0 Å². The van der Waals surface area contributed by atoms with Gasteiger partial charge in [-0.15, -0.1) is 0 Å². The quantitative estimate of drug-likeness (QED) is 0.776. The summed E-state index contributed by atoms with van der Waals surface area (Å²) in [7, 11) is 0. The van der Waals surface area contributed by atoms with Gasteiger partial charge >= 0.3 is 6.09 Å². The van der Waals surface area contributed by atoms with Crippen molar-refractivity contribution in [3.05, 3.63) is 29.6 Å². The van der Waals surface area contributed by atoms with E-state index in [-0.39, 0.29) is 0 Å². The van der Waals surface area contributed by atoms with Gasteiger partial charge < -0.3 is 5.11 Å². The maximum Gasteiger partial charge on any atom is 0.416 e. The molecule has 0 saturated heterocycles. The summed E-state index contributed by atoms with van der Waals surface area (Å²) in [5, 5.41) is 9.05. The minimum absolute atomic E-state index is 0.696. The molecule has 0 fully saturated rings. The molecule has 78 valence electrons. The molecule has 0 bridgehead atoms. The molecule has 0 aromatic carbocycles. The lowest BCUT2D eigenvalue weighted by molar-refractivity contribution is 0.197. The van der Waals surface area contributed by atoms with Crippen molar-refractivity contribution >= 4 is 17.1 Å². The number of rotatable bonds is 1. The Balaban J connectivity index is 2.88. The first-order valence-electron chi connectivity index (χ1n) is 4.84. The van der Waals surface area contributed by atoms with Crippen LogP contribution in [0.4, 0.5) is 4.79 Å². The molecular formula is C11H12N2O2. The van der Waals surface area contributed by atoms with Crippen LogP contribution in [0.5, 0.6) is 0 Å². The van der Waals surface area contributed by atoms with Gasteiger partial charge in [0.1, 0.15) is 0 Å². The number of pyridine rings is 1. The zero-order valence-corrected chi connectivity index (χ0v) is 8.69. The van der Waals surface area contributed by atoms with Crippen LogP contribution in [0.1, 0.15) is 18.1 Å². The summed E-state index contributed by atoms with van der Waals surface area (Å²) in [6.45, 7) is 3.88. The van der Waals surface area contributed by atoms with Crippen LogP contribution < -0.4 is 0 Å². The molecule has 0 aliphatic carbocycles. The Labute approximate surface area is 87.2 Å². The molecule has 0 saturated carbocycles. The van der Waals surface area contributed by atoms with E-state index in [2.05, 4.69) is 4.98 Å². The van der Waals surface area contributed by atoms with E-state index in [9.17, 15) is 4.79 Å². The Kier molecular flexibility index (Phi) is 2.19. The van der Waals surface area contributed by atoms with Gasteiger partial charge in [-0.3, -0.25) is 9.55 Å². The van der Waals surface area contributed by atoms with Crippen LogP contribution in [0.2, 0.25) is 0 Å². The molecule has 0 aliphatic rings. The fourth-order valence-corrected chi connectivity index (χ4v) is 1.78. The highest BCUT2D eigenvalue weighted by Gasteiger charge is 2.13. The van der Waals surface area contributed by atoms with Crippen molar-refractivity contribution in [2.24, 2.45) is 0 Å². The zero-order valence-electron chi connectivity index (χ0n) is 8.69. The minimum Gasteiger partial charge on any atom is -0.464 e. The summed E-state index contributed by atoms with van der Waals surface area (Å²) < 4.78 is 1.25. The van der Waals surface area contributed by atoms with Gasteiger partial charge in [-0.05, 0) is 30.5 Å². The Morgan fingerprint density at radius 3 is 2.93 bits per heavy atom. The molecule has 0 aliphatic heterocycles. The zero-order chi connectivity index (χ0) is 11.0. The van der Waals surface area contributed by atoms with Crippen LogP contribution in [0.3, 0.4) is 0 Å². The molecule has 2 aromatic heterocycles. The van der Waals surface area contributed by atoms with E-state index < -0.39 is 6.09 Å². The lowest BCUT2D eigenvalue weighted by atomic mass is 10.2. The van der Waals surface area contributed by atoms with Crippen LogP contribution in [0, 0.1) is 6.92 Å². The van der Waals surface area contributed by atoms with Crippen molar-refractivity contribution in [1.82, 2.24) is 9.55 Å². The molecule has 2 rings (SSSR count). The molecule has 0 unspecified atom stereocenters. The van der Waals surface area contributed by atoms with Crippen LogP contribution in [0.15, 0.2) is 18.5 Å². The fourth-order valence-electron chi connectivity index (χ4n) is 1.78. The van der Waals surface area contributed by atoms with Crippen LogP contribution in [-0.4, -0.2) is 20.8 Å². The molecule has 15 heavy (non-hydrogen) atoms. The first-order chi connectivity index (χ1) is 7.15. The van der Waals surface area contributed by atoms with Crippen LogP contribution in [-0.2, 0) is 6.42 Å². The monoisotopic (exact) mass is 204 g/mol. The molecule has 2 aromatic rings. The summed E-state index contributed by atoms with van der Waals surface area (Å²) in [5.41, 5.74) is 3.39. The second-order valence-electron chi connectivity index (χ2n) is 3.49. The molecule has 0 radical (unpaired) electrons. The summed E-state index contributed by atoms with van der Waals surface area (Å²) >= 11 is 0. The van der Waals surface area contributed by atoms with Crippen LogP contribution in [0.25, 0.3) is 11.0 Å². The van der Waals surface area contributed by atoms with E-state index in [4.69, 9.17) is 5.11 Å². The van der Waals surface area contributed by atoms with Gasteiger partial charge in [-0.25, -0.2) is 4.79 Å². The number of hydrogen-bond acceptors (Lipinski definition) is 2. The van der Waals surface area contributed by atoms with Gasteiger partial charge in [0.2, 0.25) is 0 Å². The summed E-state index contributed by atoms with van der Waals surface area (Å²) in [6.07, 6.45) is 3.18. The predicted octanol–water partition coefficient (Wildman–Crippen LogP) is 2.43.